The molecule has 12 heteroatoms. The molecule has 0 radical (unpaired) electrons. The fourth-order valence-corrected chi connectivity index (χ4v) is 3.03. The number of rotatable bonds is 6. The van der Waals surface area contributed by atoms with Crippen molar-refractivity contribution < 1.29 is 31.9 Å². The molecule has 0 aliphatic heterocycles. The third kappa shape index (κ3) is 6.22. The highest BCUT2D eigenvalue weighted by Crippen LogP contribution is 2.32. The van der Waals surface area contributed by atoms with Gasteiger partial charge in [0, 0.05) is 24.2 Å². The zero-order valence-corrected chi connectivity index (χ0v) is 18.2. The maximum atomic E-state index is 13.9. The fourth-order valence-electron chi connectivity index (χ4n) is 3.03. The molecule has 0 saturated heterocycles. The van der Waals surface area contributed by atoms with Gasteiger partial charge in [-0.05, 0) is 49.6 Å². The van der Waals surface area contributed by atoms with Crippen LogP contribution in [0, 0.1) is 18.7 Å². The fraction of sp³-hybridized carbons (Fsp3) is 0.217. The van der Waals surface area contributed by atoms with Gasteiger partial charge < -0.3 is 20.7 Å². The number of ether oxygens (including phenoxy) is 1. The second kappa shape index (κ2) is 9.57. The van der Waals surface area contributed by atoms with Crippen LogP contribution in [0.2, 0.25) is 0 Å². The highest BCUT2D eigenvalue weighted by Gasteiger charge is 2.31. The van der Waals surface area contributed by atoms with E-state index in [9.17, 15) is 27.2 Å². The lowest BCUT2D eigenvalue weighted by Gasteiger charge is -2.13. The number of carbonyl (C=O) groups is 2. The molecule has 1 aliphatic rings. The van der Waals surface area contributed by atoms with Crippen molar-refractivity contribution in [1.82, 2.24) is 9.97 Å². The van der Waals surface area contributed by atoms with E-state index in [4.69, 9.17) is 4.74 Å². The summed E-state index contributed by atoms with van der Waals surface area (Å²) in [7, 11) is 0. The van der Waals surface area contributed by atoms with E-state index >= 15 is 0 Å². The number of urea groups is 1. The van der Waals surface area contributed by atoms with Gasteiger partial charge in [-0.15, -0.1) is 0 Å². The molecule has 1 saturated carbocycles. The Hall–Kier alpha value is -4.22. The van der Waals surface area contributed by atoms with Gasteiger partial charge in [-0.1, -0.05) is 0 Å². The summed E-state index contributed by atoms with van der Waals surface area (Å²) in [6, 6.07) is 5.40. The molecule has 0 spiro atoms. The summed E-state index contributed by atoms with van der Waals surface area (Å²) in [5, 5.41) is 7.18. The molecule has 2 heterocycles. The molecule has 4 rings (SSSR count). The molecule has 0 atom stereocenters. The Balaban J connectivity index is 1.40. The van der Waals surface area contributed by atoms with Crippen molar-refractivity contribution in [1.29, 1.82) is 0 Å². The average molecular weight is 489 g/mol. The lowest BCUT2D eigenvalue weighted by Crippen LogP contribution is -2.21. The number of benzene rings is 1. The van der Waals surface area contributed by atoms with E-state index in [0.717, 1.165) is 12.8 Å². The van der Waals surface area contributed by atoms with Crippen LogP contribution in [0.15, 0.2) is 48.8 Å². The van der Waals surface area contributed by atoms with Gasteiger partial charge in [0.2, 0.25) is 11.8 Å². The Morgan fingerprint density at radius 3 is 2.43 bits per heavy atom. The van der Waals surface area contributed by atoms with Crippen LogP contribution >= 0.6 is 0 Å². The van der Waals surface area contributed by atoms with Gasteiger partial charge >= 0.3 is 12.2 Å². The molecule has 3 amide bonds. The number of hydrogen-bond acceptors (Lipinski definition) is 5. The van der Waals surface area contributed by atoms with Gasteiger partial charge in [-0.25, -0.2) is 19.2 Å². The van der Waals surface area contributed by atoms with Gasteiger partial charge in [0.05, 0.1) is 23.1 Å². The average Bonchev–Trinajstić information content (AvgIpc) is 3.62. The van der Waals surface area contributed by atoms with E-state index in [1.807, 2.05) is 0 Å². The lowest BCUT2D eigenvalue weighted by atomic mass is 10.2. The third-order valence-corrected chi connectivity index (χ3v) is 5.03. The number of aromatic nitrogens is 2. The van der Waals surface area contributed by atoms with Crippen molar-refractivity contribution in [2.45, 2.75) is 25.9 Å². The summed E-state index contributed by atoms with van der Waals surface area (Å²) in [6.07, 6.45) is -0.214. The highest BCUT2D eigenvalue weighted by molar-refractivity contribution is 6.00. The number of alkyl halides is 3. The predicted molar refractivity (Wildman–Crippen MR) is 119 cm³/mol. The van der Waals surface area contributed by atoms with Crippen LogP contribution in [0.3, 0.4) is 0 Å². The molecular formula is C23H19F4N5O3. The van der Waals surface area contributed by atoms with Gasteiger partial charge in [-0.3, -0.25) is 4.79 Å². The second-order valence-corrected chi connectivity index (χ2v) is 7.85. The first-order valence-electron chi connectivity index (χ1n) is 10.4. The molecule has 1 fully saturated rings. The Morgan fingerprint density at radius 1 is 1.00 bits per heavy atom. The molecule has 1 aliphatic carbocycles. The van der Waals surface area contributed by atoms with Crippen molar-refractivity contribution in [2.24, 2.45) is 5.92 Å². The monoisotopic (exact) mass is 489 g/mol. The Bertz CT molecular complexity index is 1280. The smallest absolute Gasteiger partial charge is 0.416 e. The summed E-state index contributed by atoms with van der Waals surface area (Å²) in [5.41, 5.74) is -0.967. The first-order chi connectivity index (χ1) is 16.6. The van der Waals surface area contributed by atoms with Crippen LogP contribution < -0.4 is 20.7 Å². The summed E-state index contributed by atoms with van der Waals surface area (Å²) in [4.78, 5) is 32.3. The molecule has 1 aromatic carbocycles. The quantitative estimate of drug-likeness (QED) is 0.384. The number of nitrogens with one attached hydrogen (secondary N) is 3. The van der Waals surface area contributed by atoms with Crippen molar-refractivity contribution >= 4 is 29.1 Å². The topological polar surface area (TPSA) is 105 Å². The van der Waals surface area contributed by atoms with E-state index in [1.165, 1.54) is 18.5 Å². The molecule has 8 nitrogen and oxygen atoms in total. The Kier molecular flexibility index (Phi) is 6.54. The number of pyridine rings is 2. The van der Waals surface area contributed by atoms with Crippen LogP contribution in [0.5, 0.6) is 11.6 Å². The zero-order chi connectivity index (χ0) is 25.2. The lowest BCUT2D eigenvalue weighted by molar-refractivity contribution is -0.137. The normalized spacial score (nSPS) is 13.2. The standard InChI is InChI=1S/C23H19F4N5O3/c1-12-8-20(35-15-6-7-28-19(10-15)32-21(33)13-2-3-13)29-11-18(12)31-22(34)30-17-9-14(23(25,26)27)4-5-16(17)24/h4-11,13H,2-3H2,1H3,(H,28,32,33)(H2,30,31,34). The maximum absolute atomic E-state index is 13.9. The van der Waals surface area contributed by atoms with Crippen molar-refractivity contribution in [2.75, 3.05) is 16.0 Å². The van der Waals surface area contributed by atoms with Gasteiger partial charge in [0.25, 0.3) is 0 Å². The SMILES string of the molecule is Cc1cc(Oc2ccnc(NC(=O)C3CC3)c2)ncc1NC(=O)Nc1cc(C(F)(F)F)ccc1F. The summed E-state index contributed by atoms with van der Waals surface area (Å²) < 4.78 is 58.1. The number of nitrogens with zero attached hydrogens (tertiary/aromatic N) is 2. The number of hydrogen-bond donors (Lipinski definition) is 3. The van der Waals surface area contributed by atoms with Crippen LogP contribution in [-0.4, -0.2) is 21.9 Å². The van der Waals surface area contributed by atoms with E-state index in [2.05, 4.69) is 25.9 Å². The minimum atomic E-state index is -4.69. The summed E-state index contributed by atoms with van der Waals surface area (Å²) in [5.74, 6) is -0.195. The van der Waals surface area contributed by atoms with Crippen LogP contribution in [-0.2, 0) is 11.0 Å². The van der Waals surface area contributed by atoms with E-state index in [0.29, 0.717) is 35.3 Å². The van der Waals surface area contributed by atoms with Gasteiger partial charge in [-0.2, -0.15) is 13.2 Å². The highest BCUT2D eigenvalue weighted by atomic mass is 19.4. The van der Waals surface area contributed by atoms with Crippen molar-refractivity contribution in [3.63, 3.8) is 0 Å². The van der Waals surface area contributed by atoms with E-state index in [-0.39, 0.29) is 23.4 Å². The van der Waals surface area contributed by atoms with Gasteiger partial charge in [0.15, 0.2) is 0 Å². The molecule has 35 heavy (non-hydrogen) atoms. The second-order valence-electron chi connectivity index (χ2n) is 7.85. The Labute approximate surface area is 196 Å². The van der Waals surface area contributed by atoms with Crippen LogP contribution in [0.1, 0.15) is 24.0 Å². The minimum Gasteiger partial charge on any atom is -0.439 e. The number of carbonyl (C=O) groups excluding carboxylic acids is 2. The molecule has 2 aromatic heterocycles. The largest absolute Gasteiger partial charge is 0.439 e. The van der Waals surface area contributed by atoms with Crippen molar-refractivity contribution in [3.05, 3.63) is 65.7 Å². The predicted octanol–water partition coefficient (Wildman–Crippen LogP) is 5.73. The number of halogens is 4. The number of amides is 3. The third-order valence-electron chi connectivity index (χ3n) is 5.03. The molecule has 182 valence electrons. The number of anilines is 3. The van der Waals surface area contributed by atoms with Crippen molar-refractivity contribution in [3.8, 4) is 11.6 Å². The van der Waals surface area contributed by atoms with E-state index in [1.54, 1.807) is 19.1 Å². The van der Waals surface area contributed by atoms with Crippen LogP contribution in [0.25, 0.3) is 0 Å². The first kappa shape index (κ1) is 23.9. The molecular weight excluding hydrogens is 470 g/mol. The Morgan fingerprint density at radius 2 is 1.74 bits per heavy atom. The number of aryl methyl sites for hydroxylation is 1. The summed E-state index contributed by atoms with van der Waals surface area (Å²) >= 11 is 0. The maximum Gasteiger partial charge on any atom is 0.416 e. The molecule has 0 unspecified atom stereocenters. The molecule has 3 N–H and O–H groups in total. The zero-order valence-electron chi connectivity index (χ0n) is 18.2. The first-order valence-corrected chi connectivity index (χ1v) is 10.4. The summed E-state index contributed by atoms with van der Waals surface area (Å²) in [6.45, 7) is 1.64. The van der Waals surface area contributed by atoms with Crippen LogP contribution in [0.4, 0.5) is 39.5 Å². The van der Waals surface area contributed by atoms with Gasteiger partial charge in [0.1, 0.15) is 17.4 Å². The minimum absolute atomic E-state index is 0.0213. The molecule has 0 bridgehead atoms. The van der Waals surface area contributed by atoms with E-state index < -0.39 is 29.3 Å². The molecule has 3 aromatic rings.